The fraction of sp³-hybridized carbons (Fsp3) is 0.500. The summed E-state index contributed by atoms with van der Waals surface area (Å²) in [4.78, 5) is 34.0. The molecule has 0 saturated carbocycles. The number of carbonyl (C=O) groups is 2. The molecule has 0 fully saturated rings. The fourth-order valence-corrected chi connectivity index (χ4v) is 3.69. The molecule has 1 aromatic carbocycles. The van der Waals surface area contributed by atoms with Gasteiger partial charge in [-0.1, -0.05) is 31.5 Å². The Kier molecular flexibility index (Phi) is 7.41. The van der Waals surface area contributed by atoms with Crippen molar-refractivity contribution in [1.29, 1.82) is 0 Å². The zero-order chi connectivity index (χ0) is 20.6. The van der Waals surface area contributed by atoms with E-state index < -0.39 is 6.04 Å². The molecule has 7 heteroatoms. The number of likely N-dealkylation sites (N-methyl/N-ethyl adjacent to an activating group) is 1. The number of nitrogens with one attached hydrogen (secondary N) is 1. The second kappa shape index (κ2) is 10.2. The molecule has 3 rings (SSSR count). The molecule has 1 aromatic heterocycles. The standard InChI is InChI=1S/C22H31N5O2/c1-3-4-12-25(2)14-11-24-21(28)16-20(26-15-10-23-17-26)22(29)27-13-9-18-7-5-6-8-19(18)27/h5-8,10,15,17,20H,3-4,9,11-14,16H2,1-2H3,(H,24,28). The van der Waals surface area contributed by atoms with Crippen molar-refractivity contribution in [2.75, 3.05) is 38.1 Å². The lowest BCUT2D eigenvalue weighted by atomic mass is 10.1. The molecule has 1 unspecified atom stereocenters. The summed E-state index contributed by atoms with van der Waals surface area (Å²) in [5.41, 5.74) is 2.12. The Hall–Kier alpha value is -2.67. The molecule has 29 heavy (non-hydrogen) atoms. The molecule has 1 atom stereocenters. The molecular formula is C22H31N5O2. The predicted molar refractivity (Wildman–Crippen MR) is 114 cm³/mol. The van der Waals surface area contributed by atoms with Crippen LogP contribution >= 0.6 is 0 Å². The van der Waals surface area contributed by atoms with Crippen molar-refractivity contribution in [2.45, 2.75) is 38.6 Å². The molecule has 2 aromatic rings. The van der Waals surface area contributed by atoms with Gasteiger partial charge in [0.15, 0.2) is 0 Å². The number of fused-ring (bicyclic) bond motifs is 1. The van der Waals surface area contributed by atoms with E-state index in [1.165, 1.54) is 5.56 Å². The summed E-state index contributed by atoms with van der Waals surface area (Å²) >= 11 is 0. The molecule has 0 bridgehead atoms. The number of para-hydroxylation sites is 1. The second-order valence-electron chi connectivity index (χ2n) is 7.61. The first-order chi connectivity index (χ1) is 14.1. The van der Waals surface area contributed by atoms with Crippen LogP contribution in [0.4, 0.5) is 5.69 Å². The van der Waals surface area contributed by atoms with Crippen LogP contribution in [-0.4, -0.2) is 59.5 Å². The van der Waals surface area contributed by atoms with Gasteiger partial charge >= 0.3 is 0 Å². The Morgan fingerprint density at radius 1 is 1.28 bits per heavy atom. The minimum Gasteiger partial charge on any atom is -0.355 e. The highest BCUT2D eigenvalue weighted by molar-refractivity contribution is 6.00. The van der Waals surface area contributed by atoms with E-state index in [0.29, 0.717) is 13.1 Å². The van der Waals surface area contributed by atoms with Gasteiger partial charge in [-0.25, -0.2) is 4.98 Å². The Balaban J connectivity index is 1.61. The van der Waals surface area contributed by atoms with Crippen LogP contribution in [0.25, 0.3) is 0 Å². The molecule has 0 spiro atoms. The van der Waals surface area contributed by atoms with E-state index in [2.05, 4.69) is 35.2 Å². The van der Waals surface area contributed by atoms with Crippen LogP contribution in [0.5, 0.6) is 0 Å². The highest BCUT2D eigenvalue weighted by atomic mass is 16.2. The SMILES string of the molecule is CCCCN(C)CCNC(=O)CC(C(=O)N1CCc2ccccc21)n1ccnc1. The lowest BCUT2D eigenvalue weighted by Crippen LogP contribution is -2.40. The molecule has 0 radical (unpaired) electrons. The lowest BCUT2D eigenvalue weighted by molar-refractivity contribution is -0.128. The number of unbranched alkanes of at least 4 members (excludes halogenated alkanes) is 1. The van der Waals surface area contributed by atoms with Crippen LogP contribution in [0, 0.1) is 0 Å². The number of anilines is 1. The molecule has 156 valence electrons. The Bertz CT molecular complexity index is 805. The van der Waals surface area contributed by atoms with Crippen LogP contribution in [0.2, 0.25) is 0 Å². The average molecular weight is 398 g/mol. The fourth-order valence-electron chi connectivity index (χ4n) is 3.69. The maximum absolute atomic E-state index is 13.3. The summed E-state index contributed by atoms with van der Waals surface area (Å²) in [5.74, 6) is -0.184. The maximum Gasteiger partial charge on any atom is 0.250 e. The van der Waals surface area contributed by atoms with Gasteiger partial charge in [0.2, 0.25) is 5.91 Å². The molecule has 1 aliphatic rings. The molecule has 2 amide bonds. The third-order valence-electron chi connectivity index (χ3n) is 5.41. The number of benzene rings is 1. The van der Waals surface area contributed by atoms with Crippen LogP contribution in [0.15, 0.2) is 43.0 Å². The molecule has 0 aliphatic carbocycles. The van der Waals surface area contributed by atoms with E-state index >= 15 is 0 Å². The van der Waals surface area contributed by atoms with Gasteiger partial charge in [-0.15, -0.1) is 0 Å². The van der Waals surface area contributed by atoms with E-state index in [0.717, 1.165) is 38.0 Å². The monoisotopic (exact) mass is 397 g/mol. The number of rotatable bonds is 10. The highest BCUT2D eigenvalue weighted by Gasteiger charge is 2.32. The largest absolute Gasteiger partial charge is 0.355 e. The van der Waals surface area contributed by atoms with Gasteiger partial charge in [-0.2, -0.15) is 0 Å². The van der Waals surface area contributed by atoms with Gasteiger partial charge in [-0.3, -0.25) is 9.59 Å². The third-order valence-corrected chi connectivity index (χ3v) is 5.41. The van der Waals surface area contributed by atoms with Crippen LogP contribution in [0.1, 0.15) is 37.8 Å². The summed E-state index contributed by atoms with van der Waals surface area (Å²) < 4.78 is 1.73. The molecule has 7 nitrogen and oxygen atoms in total. The van der Waals surface area contributed by atoms with Gasteiger partial charge in [0.1, 0.15) is 6.04 Å². The lowest BCUT2D eigenvalue weighted by Gasteiger charge is -2.25. The summed E-state index contributed by atoms with van der Waals surface area (Å²) in [6, 6.07) is 7.36. The molecule has 1 N–H and O–H groups in total. The van der Waals surface area contributed by atoms with Crippen molar-refractivity contribution in [2.24, 2.45) is 0 Å². The Labute approximate surface area is 172 Å². The summed E-state index contributed by atoms with van der Waals surface area (Å²) in [6.45, 7) is 5.22. The van der Waals surface area contributed by atoms with Gasteiger partial charge in [0, 0.05) is 37.7 Å². The quantitative estimate of drug-likeness (QED) is 0.668. The minimum atomic E-state index is -0.596. The highest BCUT2D eigenvalue weighted by Crippen LogP contribution is 2.30. The van der Waals surface area contributed by atoms with Crippen molar-refractivity contribution in [3.8, 4) is 0 Å². The maximum atomic E-state index is 13.3. The van der Waals surface area contributed by atoms with Crippen LogP contribution < -0.4 is 10.2 Å². The first-order valence-electron chi connectivity index (χ1n) is 10.4. The van der Waals surface area contributed by atoms with Gasteiger partial charge in [0.05, 0.1) is 12.7 Å². The number of amides is 2. The van der Waals surface area contributed by atoms with E-state index in [-0.39, 0.29) is 18.2 Å². The van der Waals surface area contributed by atoms with Crippen molar-refractivity contribution < 1.29 is 9.59 Å². The minimum absolute atomic E-state index is 0.0665. The average Bonchev–Trinajstić information content (AvgIpc) is 3.40. The number of imidazole rings is 1. The summed E-state index contributed by atoms with van der Waals surface area (Å²) in [6.07, 6.45) is 8.25. The summed E-state index contributed by atoms with van der Waals surface area (Å²) in [7, 11) is 2.06. The smallest absolute Gasteiger partial charge is 0.250 e. The third kappa shape index (κ3) is 5.44. The first-order valence-corrected chi connectivity index (χ1v) is 10.4. The van der Waals surface area contributed by atoms with E-state index in [1.54, 1.807) is 28.2 Å². The van der Waals surface area contributed by atoms with Crippen molar-refractivity contribution >= 4 is 17.5 Å². The van der Waals surface area contributed by atoms with E-state index in [1.807, 2.05) is 18.2 Å². The number of aromatic nitrogens is 2. The molecule has 1 aliphatic heterocycles. The predicted octanol–water partition coefficient (Wildman–Crippen LogP) is 2.25. The first kappa shape index (κ1) is 21.0. The molecule has 0 saturated heterocycles. The van der Waals surface area contributed by atoms with Crippen LogP contribution in [0.3, 0.4) is 0 Å². The number of nitrogens with zero attached hydrogens (tertiary/aromatic N) is 4. The van der Waals surface area contributed by atoms with E-state index in [9.17, 15) is 9.59 Å². The number of hydrogen-bond donors (Lipinski definition) is 1. The van der Waals surface area contributed by atoms with Gasteiger partial charge in [0.25, 0.3) is 5.91 Å². The second-order valence-corrected chi connectivity index (χ2v) is 7.61. The van der Waals surface area contributed by atoms with Crippen molar-refractivity contribution in [3.05, 3.63) is 48.5 Å². The number of carbonyl (C=O) groups excluding carboxylic acids is 2. The van der Waals surface area contributed by atoms with Gasteiger partial charge < -0.3 is 19.7 Å². The van der Waals surface area contributed by atoms with Crippen molar-refractivity contribution in [3.63, 3.8) is 0 Å². The Morgan fingerprint density at radius 2 is 2.10 bits per heavy atom. The zero-order valence-corrected chi connectivity index (χ0v) is 17.4. The number of hydrogen-bond acceptors (Lipinski definition) is 4. The van der Waals surface area contributed by atoms with Crippen LogP contribution in [-0.2, 0) is 16.0 Å². The molecular weight excluding hydrogens is 366 g/mol. The normalized spacial score (nSPS) is 14.1. The zero-order valence-electron chi connectivity index (χ0n) is 17.4. The van der Waals surface area contributed by atoms with E-state index in [4.69, 9.17) is 0 Å². The molecule has 2 heterocycles. The van der Waals surface area contributed by atoms with Gasteiger partial charge in [-0.05, 0) is 38.1 Å². The summed E-state index contributed by atoms with van der Waals surface area (Å²) in [5, 5.41) is 2.96. The van der Waals surface area contributed by atoms with Crippen molar-refractivity contribution in [1.82, 2.24) is 19.8 Å². The topological polar surface area (TPSA) is 70.5 Å². The Morgan fingerprint density at radius 3 is 2.86 bits per heavy atom.